The third-order valence-electron chi connectivity index (χ3n) is 4.35. The molecule has 19 heavy (non-hydrogen) atoms. The van der Waals surface area contributed by atoms with Gasteiger partial charge in [-0.05, 0) is 37.7 Å². The zero-order chi connectivity index (χ0) is 13.7. The van der Waals surface area contributed by atoms with Gasteiger partial charge in [0.1, 0.15) is 0 Å². The molecule has 0 spiro atoms. The average Bonchev–Trinajstić information content (AvgIpc) is 2.89. The summed E-state index contributed by atoms with van der Waals surface area (Å²) in [5, 5.41) is 9.36. The molecule has 104 valence electrons. The van der Waals surface area contributed by atoms with Crippen LogP contribution in [-0.2, 0) is 11.2 Å². The number of hydrogen-bond acceptors (Lipinski definition) is 1. The van der Waals surface area contributed by atoms with Crippen molar-refractivity contribution in [2.24, 2.45) is 11.8 Å². The van der Waals surface area contributed by atoms with Gasteiger partial charge in [-0.2, -0.15) is 0 Å². The monoisotopic (exact) mass is 260 g/mol. The van der Waals surface area contributed by atoms with Crippen LogP contribution < -0.4 is 0 Å². The van der Waals surface area contributed by atoms with Crippen LogP contribution in [0.25, 0.3) is 0 Å². The summed E-state index contributed by atoms with van der Waals surface area (Å²) in [5.41, 5.74) is 2.37. The third-order valence-corrected chi connectivity index (χ3v) is 4.35. The Balaban J connectivity index is 1.88. The molecule has 1 fully saturated rings. The summed E-state index contributed by atoms with van der Waals surface area (Å²) in [5.74, 6) is -0.0817. The van der Waals surface area contributed by atoms with Crippen molar-refractivity contribution in [2.75, 3.05) is 0 Å². The smallest absolute Gasteiger partial charge is 0.306 e. The molecule has 1 atom stereocenters. The largest absolute Gasteiger partial charge is 0.481 e. The minimum Gasteiger partial charge on any atom is -0.481 e. The summed E-state index contributed by atoms with van der Waals surface area (Å²) >= 11 is 0. The van der Waals surface area contributed by atoms with E-state index < -0.39 is 5.97 Å². The summed E-state index contributed by atoms with van der Waals surface area (Å²) in [6.45, 7) is 2.05. The minimum absolute atomic E-state index is 0.219. The summed E-state index contributed by atoms with van der Waals surface area (Å²) in [4.78, 5) is 11.4. The van der Waals surface area contributed by atoms with E-state index in [1.165, 1.54) is 31.2 Å². The Hall–Kier alpha value is -1.31. The molecule has 2 nitrogen and oxygen atoms in total. The molecule has 1 aromatic carbocycles. The number of carboxylic acid groups (broad SMARTS) is 1. The van der Waals surface area contributed by atoms with Crippen LogP contribution in [0.2, 0.25) is 0 Å². The van der Waals surface area contributed by atoms with Gasteiger partial charge in [0, 0.05) is 0 Å². The van der Waals surface area contributed by atoms with E-state index in [-0.39, 0.29) is 5.92 Å². The third kappa shape index (κ3) is 4.38. The lowest BCUT2D eigenvalue weighted by atomic mass is 9.90. The van der Waals surface area contributed by atoms with Crippen LogP contribution in [0.1, 0.15) is 49.7 Å². The molecule has 1 unspecified atom stereocenters. The summed E-state index contributed by atoms with van der Waals surface area (Å²) in [7, 11) is 0. The second-order valence-corrected chi connectivity index (χ2v) is 5.95. The molecule has 1 aliphatic carbocycles. The SMILES string of the molecule is Cc1ccc(CC(CCC2CCCC2)C(=O)O)cc1. The number of hydrogen-bond donors (Lipinski definition) is 1. The first-order valence-corrected chi connectivity index (χ1v) is 7.43. The van der Waals surface area contributed by atoms with Crippen molar-refractivity contribution in [3.8, 4) is 0 Å². The molecule has 2 rings (SSSR count). The quantitative estimate of drug-likeness (QED) is 0.832. The van der Waals surface area contributed by atoms with Gasteiger partial charge in [-0.25, -0.2) is 0 Å². The highest BCUT2D eigenvalue weighted by atomic mass is 16.4. The van der Waals surface area contributed by atoms with Crippen molar-refractivity contribution in [1.82, 2.24) is 0 Å². The number of rotatable bonds is 6. The van der Waals surface area contributed by atoms with Crippen LogP contribution >= 0.6 is 0 Å². The van der Waals surface area contributed by atoms with Gasteiger partial charge in [0.2, 0.25) is 0 Å². The van der Waals surface area contributed by atoms with Crippen LogP contribution in [0.4, 0.5) is 0 Å². The standard InChI is InChI=1S/C17H24O2/c1-13-6-8-15(9-7-13)12-16(17(18)19)11-10-14-4-2-3-5-14/h6-9,14,16H,2-5,10-12H2,1H3,(H,18,19). The predicted molar refractivity (Wildman–Crippen MR) is 77.2 cm³/mol. The molecule has 1 saturated carbocycles. The maximum Gasteiger partial charge on any atom is 0.306 e. The molecule has 0 saturated heterocycles. The van der Waals surface area contributed by atoms with Gasteiger partial charge in [-0.15, -0.1) is 0 Å². The van der Waals surface area contributed by atoms with E-state index in [4.69, 9.17) is 0 Å². The van der Waals surface area contributed by atoms with E-state index in [1.807, 2.05) is 0 Å². The van der Waals surface area contributed by atoms with Crippen molar-refractivity contribution < 1.29 is 9.90 Å². The van der Waals surface area contributed by atoms with Crippen molar-refractivity contribution in [3.63, 3.8) is 0 Å². The highest BCUT2D eigenvalue weighted by molar-refractivity contribution is 5.70. The van der Waals surface area contributed by atoms with Crippen LogP contribution in [0.5, 0.6) is 0 Å². The molecule has 0 radical (unpaired) electrons. The van der Waals surface area contributed by atoms with Crippen LogP contribution in [-0.4, -0.2) is 11.1 Å². The molecule has 0 bridgehead atoms. The van der Waals surface area contributed by atoms with Crippen LogP contribution in [0.15, 0.2) is 24.3 Å². The number of carbonyl (C=O) groups is 1. The predicted octanol–water partition coefficient (Wildman–Crippen LogP) is 4.21. The summed E-state index contributed by atoms with van der Waals surface area (Å²) in [6, 6.07) is 8.23. The lowest BCUT2D eigenvalue weighted by molar-refractivity contribution is -0.142. The fraction of sp³-hybridized carbons (Fsp3) is 0.588. The van der Waals surface area contributed by atoms with E-state index in [1.54, 1.807) is 0 Å². The Morgan fingerprint density at radius 2 is 1.89 bits per heavy atom. The minimum atomic E-state index is -0.640. The second kappa shape index (κ2) is 6.74. The zero-order valence-corrected chi connectivity index (χ0v) is 11.8. The van der Waals surface area contributed by atoms with Gasteiger partial charge in [-0.1, -0.05) is 55.5 Å². The summed E-state index contributed by atoms with van der Waals surface area (Å²) in [6.07, 6.45) is 7.85. The van der Waals surface area contributed by atoms with Crippen LogP contribution in [0, 0.1) is 18.8 Å². The fourth-order valence-corrected chi connectivity index (χ4v) is 3.06. The van der Waals surface area contributed by atoms with E-state index >= 15 is 0 Å². The van der Waals surface area contributed by atoms with Crippen LogP contribution in [0.3, 0.4) is 0 Å². The molecular weight excluding hydrogens is 236 g/mol. The molecule has 1 aromatic rings. The van der Waals surface area contributed by atoms with E-state index in [0.717, 1.165) is 24.3 Å². The molecule has 0 amide bonds. The first-order chi connectivity index (χ1) is 9.15. The maximum atomic E-state index is 11.4. The van der Waals surface area contributed by atoms with E-state index in [0.29, 0.717) is 6.42 Å². The molecule has 0 aromatic heterocycles. The van der Waals surface area contributed by atoms with E-state index in [2.05, 4.69) is 31.2 Å². The highest BCUT2D eigenvalue weighted by Crippen LogP contribution is 2.30. The van der Waals surface area contributed by atoms with Gasteiger partial charge in [0.25, 0.3) is 0 Å². The molecular formula is C17H24O2. The molecule has 0 heterocycles. The van der Waals surface area contributed by atoms with Gasteiger partial charge in [0.05, 0.1) is 5.92 Å². The Morgan fingerprint density at radius 1 is 1.26 bits per heavy atom. The van der Waals surface area contributed by atoms with Crippen molar-refractivity contribution >= 4 is 5.97 Å². The Kier molecular flexibility index (Phi) is 5.00. The Morgan fingerprint density at radius 3 is 2.47 bits per heavy atom. The van der Waals surface area contributed by atoms with Crippen molar-refractivity contribution in [3.05, 3.63) is 35.4 Å². The number of aliphatic carboxylic acids is 1. The molecule has 1 aliphatic rings. The van der Waals surface area contributed by atoms with Gasteiger partial charge >= 0.3 is 5.97 Å². The first-order valence-electron chi connectivity index (χ1n) is 7.43. The number of benzene rings is 1. The molecule has 1 N–H and O–H groups in total. The number of aryl methyl sites for hydroxylation is 1. The first kappa shape index (κ1) is 14.1. The Labute approximate surface area is 115 Å². The number of carboxylic acids is 1. The van der Waals surface area contributed by atoms with Gasteiger partial charge in [-0.3, -0.25) is 4.79 Å². The highest BCUT2D eigenvalue weighted by Gasteiger charge is 2.21. The second-order valence-electron chi connectivity index (χ2n) is 5.95. The van der Waals surface area contributed by atoms with E-state index in [9.17, 15) is 9.90 Å². The zero-order valence-electron chi connectivity index (χ0n) is 11.8. The lowest BCUT2D eigenvalue weighted by Crippen LogP contribution is -2.17. The topological polar surface area (TPSA) is 37.3 Å². The fourth-order valence-electron chi connectivity index (χ4n) is 3.06. The van der Waals surface area contributed by atoms with Crippen molar-refractivity contribution in [1.29, 1.82) is 0 Å². The average molecular weight is 260 g/mol. The molecule has 2 heteroatoms. The normalized spacial score (nSPS) is 17.5. The Bertz CT molecular complexity index is 402. The van der Waals surface area contributed by atoms with Gasteiger partial charge < -0.3 is 5.11 Å². The lowest BCUT2D eigenvalue weighted by Gasteiger charge is -2.15. The van der Waals surface area contributed by atoms with Gasteiger partial charge in [0.15, 0.2) is 0 Å². The van der Waals surface area contributed by atoms with Crippen molar-refractivity contribution in [2.45, 2.75) is 51.9 Å². The summed E-state index contributed by atoms with van der Waals surface area (Å²) < 4.78 is 0. The molecule has 0 aliphatic heterocycles. The maximum absolute atomic E-state index is 11.4.